The van der Waals surface area contributed by atoms with Crippen LogP contribution in [0.2, 0.25) is 0 Å². The van der Waals surface area contributed by atoms with Crippen LogP contribution in [-0.2, 0) is 6.54 Å². The fourth-order valence-electron chi connectivity index (χ4n) is 3.25. The van der Waals surface area contributed by atoms with Crippen LogP contribution in [0.15, 0.2) is 46.3 Å². The average Bonchev–Trinajstić information content (AvgIpc) is 2.88. The summed E-state index contributed by atoms with van der Waals surface area (Å²) in [7, 11) is 0. The topological polar surface area (TPSA) is 7.12 Å². The SMILES string of the molecule is CCC[n+]1c(C)cc(C=C2Sc3ccccc3N2CC)cc1C. The van der Waals surface area contributed by atoms with Crippen LogP contribution < -0.4 is 9.47 Å². The molecule has 2 aromatic rings. The molecule has 0 amide bonds. The number of anilines is 1. The van der Waals surface area contributed by atoms with Crippen LogP contribution in [0.1, 0.15) is 37.2 Å². The van der Waals surface area contributed by atoms with E-state index in [1.54, 1.807) is 0 Å². The van der Waals surface area contributed by atoms with E-state index in [1.807, 2.05) is 11.8 Å². The molecular weight excluding hydrogens is 300 g/mol. The van der Waals surface area contributed by atoms with Crippen LogP contribution in [0.3, 0.4) is 0 Å². The van der Waals surface area contributed by atoms with Gasteiger partial charge in [0.15, 0.2) is 11.4 Å². The largest absolute Gasteiger partial charge is 0.335 e. The van der Waals surface area contributed by atoms with Crippen molar-refractivity contribution in [3.05, 3.63) is 58.4 Å². The fraction of sp³-hybridized carbons (Fsp3) is 0.350. The molecule has 0 saturated heterocycles. The lowest BCUT2D eigenvalue weighted by atomic mass is 10.1. The summed E-state index contributed by atoms with van der Waals surface area (Å²) >= 11 is 1.87. The van der Waals surface area contributed by atoms with Gasteiger partial charge in [0.25, 0.3) is 0 Å². The van der Waals surface area contributed by atoms with Crippen molar-refractivity contribution < 1.29 is 4.57 Å². The first-order valence-electron chi connectivity index (χ1n) is 8.41. The van der Waals surface area contributed by atoms with Crippen molar-refractivity contribution in [2.75, 3.05) is 11.4 Å². The number of nitrogens with zero attached hydrogens (tertiary/aromatic N) is 2. The van der Waals surface area contributed by atoms with Gasteiger partial charge in [-0.15, -0.1) is 0 Å². The van der Waals surface area contributed by atoms with Crippen molar-refractivity contribution in [1.29, 1.82) is 0 Å². The molecule has 3 heteroatoms. The molecular formula is C20H25N2S+. The number of aromatic nitrogens is 1. The zero-order valence-electron chi connectivity index (χ0n) is 14.5. The Kier molecular flexibility index (Phi) is 4.76. The number of fused-ring (bicyclic) bond motifs is 1. The molecule has 2 nitrogen and oxygen atoms in total. The third-order valence-electron chi connectivity index (χ3n) is 4.29. The average molecular weight is 326 g/mol. The number of pyridine rings is 1. The standard InChI is InChI=1S/C20H25N2S/c1-5-11-22-15(3)12-17(13-16(22)4)14-20-21(6-2)18-9-7-8-10-19(18)23-20/h7-10,12-14H,5-6,11H2,1-4H3/q+1. The van der Waals surface area contributed by atoms with Gasteiger partial charge < -0.3 is 4.90 Å². The van der Waals surface area contributed by atoms with Gasteiger partial charge in [0.1, 0.15) is 6.54 Å². The summed E-state index contributed by atoms with van der Waals surface area (Å²) < 4.78 is 2.40. The molecule has 1 aliphatic rings. The summed E-state index contributed by atoms with van der Waals surface area (Å²) in [5, 5.41) is 1.32. The Morgan fingerprint density at radius 2 is 1.78 bits per heavy atom. The van der Waals surface area contributed by atoms with E-state index in [2.05, 4.69) is 79.6 Å². The predicted octanol–water partition coefficient (Wildman–Crippen LogP) is 4.93. The molecule has 0 atom stereocenters. The minimum absolute atomic E-state index is 0.997. The Hall–Kier alpha value is -1.74. The van der Waals surface area contributed by atoms with Crippen molar-refractivity contribution in [2.24, 2.45) is 0 Å². The van der Waals surface area contributed by atoms with Crippen LogP contribution in [-0.4, -0.2) is 6.54 Å². The van der Waals surface area contributed by atoms with E-state index in [0.717, 1.165) is 13.1 Å². The van der Waals surface area contributed by atoms with E-state index in [9.17, 15) is 0 Å². The van der Waals surface area contributed by atoms with Crippen LogP contribution in [0.25, 0.3) is 6.08 Å². The second-order valence-corrected chi connectivity index (χ2v) is 7.08. The Morgan fingerprint density at radius 3 is 2.43 bits per heavy atom. The summed E-state index contributed by atoms with van der Waals surface area (Å²) in [4.78, 5) is 3.75. The van der Waals surface area contributed by atoms with Gasteiger partial charge in [-0.05, 0) is 30.7 Å². The van der Waals surface area contributed by atoms with Gasteiger partial charge in [-0.25, -0.2) is 4.57 Å². The summed E-state index contributed by atoms with van der Waals surface area (Å²) in [6.07, 6.45) is 3.49. The monoisotopic (exact) mass is 325 g/mol. The van der Waals surface area contributed by atoms with Crippen molar-refractivity contribution >= 4 is 23.5 Å². The molecule has 0 bridgehead atoms. The van der Waals surface area contributed by atoms with E-state index in [1.165, 1.54) is 39.0 Å². The van der Waals surface area contributed by atoms with Gasteiger partial charge in [-0.2, -0.15) is 0 Å². The normalized spacial score (nSPS) is 15.3. The quantitative estimate of drug-likeness (QED) is 0.736. The van der Waals surface area contributed by atoms with E-state index >= 15 is 0 Å². The minimum atomic E-state index is 0.997. The lowest BCUT2D eigenvalue weighted by molar-refractivity contribution is -0.708. The Bertz CT molecular complexity index is 726. The number of benzene rings is 1. The first-order chi connectivity index (χ1) is 11.1. The first kappa shape index (κ1) is 16.1. The molecule has 1 aromatic carbocycles. The molecule has 0 aliphatic carbocycles. The Morgan fingerprint density at radius 1 is 1.09 bits per heavy atom. The molecule has 3 rings (SSSR count). The zero-order valence-corrected chi connectivity index (χ0v) is 15.3. The highest BCUT2D eigenvalue weighted by molar-refractivity contribution is 8.03. The van der Waals surface area contributed by atoms with Gasteiger partial charge in [0.2, 0.25) is 0 Å². The third-order valence-corrected chi connectivity index (χ3v) is 5.41. The van der Waals surface area contributed by atoms with Crippen molar-refractivity contribution in [2.45, 2.75) is 45.6 Å². The van der Waals surface area contributed by atoms with Crippen LogP contribution in [0.5, 0.6) is 0 Å². The summed E-state index contributed by atoms with van der Waals surface area (Å²) in [6.45, 7) is 10.9. The fourth-order valence-corrected chi connectivity index (χ4v) is 4.43. The molecule has 0 fully saturated rings. The Balaban J connectivity index is 1.96. The van der Waals surface area contributed by atoms with Crippen LogP contribution in [0, 0.1) is 13.8 Å². The summed E-state index contributed by atoms with van der Waals surface area (Å²) in [5.41, 5.74) is 5.29. The van der Waals surface area contributed by atoms with Crippen LogP contribution in [0.4, 0.5) is 5.69 Å². The number of hydrogen-bond acceptors (Lipinski definition) is 2. The molecule has 1 aromatic heterocycles. The highest BCUT2D eigenvalue weighted by Crippen LogP contribution is 2.46. The Labute approximate surface area is 143 Å². The number of rotatable bonds is 4. The molecule has 0 saturated carbocycles. The minimum Gasteiger partial charge on any atom is -0.335 e. The molecule has 2 heterocycles. The van der Waals surface area contributed by atoms with Gasteiger partial charge in [-0.1, -0.05) is 30.8 Å². The molecule has 1 aliphatic heterocycles. The zero-order chi connectivity index (χ0) is 16.4. The lowest BCUT2D eigenvalue weighted by Gasteiger charge is -2.18. The highest BCUT2D eigenvalue weighted by atomic mass is 32.2. The summed E-state index contributed by atoms with van der Waals surface area (Å²) in [5.74, 6) is 0. The molecule has 120 valence electrons. The maximum absolute atomic E-state index is 2.40. The second-order valence-electron chi connectivity index (χ2n) is 6.02. The van der Waals surface area contributed by atoms with Gasteiger partial charge >= 0.3 is 0 Å². The van der Waals surface area contributed by atoms with Crippen LogP contribution >= 0.6 is 11.8 Å². The van der Waals surface area contributed by atoms with Gasteiger partial charge in [-0.3, -0.25) is 0 Å². The second kappa shape index (κ2) is 6.79. The number of aryl methyl sites for hydroxylation is 2. The maximum Gasteiger partial charge on any atom is 0.179 e. The number of para-hydroxylation sites is 1. The maximum atomic E-state index is 2.40. The number of thioether (sulfide) groups is 1. The molecule has 0 spiro atoms. The van der Waals surface area contributed by atoms with E-state index in [4.69, 9.17) is 0 Å². The predicted molar refractivity (Wildman–Crippen MR) is 99.7 cm³/mol. The molecule has 23 heavy (non-hydrogen) atoms. The van der Waals surface area contributed by atoms with Gasteiger partial charge in [0, 0.05) is 43.8 Å². The van der Waals surface area contributed by atoms with E-state index in [-0.39, 0.29) is 0 Å². The molecule has 0 radical (unpaired) electrons. The summed E-state index contributed by atoms with van der Waals surface area (Å²) in [6, 6.07) is 13.3. The lowest BCUT2D eigenvalue weighted by Crippen LogP contribution is -2.40. The van der Waals surface area contributed by atoms with Crippen molar-refractivity contribution in [3.63, 3.8) is 0 Å². The van der Waals surface area contributed by atoms with E-state index < -0.39 is 0 Å². The van der Waals surface area contributed by atoms with Gasteiger partial charge in [0.05, 0.1) is 10.7 Å². The first-order valence-corrected chi connectivity index (χ1v) is 9.23. The molecule has 0 N–H and O–H groups in total. The molecule has 0 unspecified atom stereocenters. The van der Waals surface area contributed by atoms with Crippen molar-refractivity contribution in [3.8, 4) is 0 Å². The third kappa shape index (κ3) is 3.16. The van der Waals surface area contributed by atoms with E-state index in [0.29, 0.717) is 0 Å². The number of hydrogen-bond donors (Lipinski definition) is 0. The van der Waals surface area contributed by atoms with Crippen molar-refractivity contribution in [1.82, 2.24) is 0 Å². The smallest absolute Gasteiger partial charge is 0.179 e. The highest BCUT2D eigenvalue weighted by Gasteiger charge is 2.23.